The molecule has 0 unspecified atom stereocenters. The van der Waals surface area contributed by atoms with Crippen molar-refractivity contribution in [3.63, 3.8) is 0 Å². The molecule has 170 valence electrons. The van der Waals surface area contributed by atoms with E-state index >= 15 is 0 Å². The summed E-state index contributed by atoms with van der Waals surface area (Å²) in [5, 5.41) is 0. The van der Waals surface area contributed by atoms with Crippen LogP contribution in [0, 0.1) is 12.8 Å². The van der Waals surface area contributed by atoms with Gasteiger partial charge in [0.2, 0.25) is 0 Å². The molecule has 31 heavy (non-hydrogen) atoms. The van der Waals surface area contributed by atoms with E-state index in [0.29, 0.717) is 0 Å². The molecule has 0 spiro atoms. The summed E-state index contributed by atoms with van der Waals surface area (Å²) in [6.07, 6.45) is 22.7. The topological polar surface area (TPSA) is 25.8 Å². The van der Waals surface area contributed by atoms with Crippen LogP contribution in [0.1, 0.15) is 120 Å². The molecular formula is C29H44N2. The van der Waals surface area contributed by atoms with Crippen molar-refractivity contribution < 1.29 is 0 Å². The van der Waals surface area contributed by atoms with E-state index in [1.54, 1.807) is 5.56 Å². The van der Waals surface area contributed by atoms with Gasteiger partial charge >= 0.3 is 0 Å². The molecule has 0 bridgehead atoms. The van der Waals surface area contributed by atoms with E-state index in [9.17, 15) is 0 Å². The lowest BCUT2D eigenvalue weighted by molar-refractivity contribution is 0.302. The predicted molar refractivity (Wildman–Crippen MR) is 134 cm³/mol. The molecule has 0 amide bonds. The molecule has 0 aliphatic heterocycles. The van der Waals surface area contributed by atoms with Gasteiger partial charge in [-0.15, -0.1) is 0 Å². The maximum Gasteiger partial charge on any atom is 0.128 e. The summed E-state index contributed by atoms with van der Waals surface area (Å²) in [5.41, 5.74) is 5.40. The molecule has 1 saturated carbocycles. The van der Waals surface area contributed by atoms with E-state index in [1.807, 2.05) is 12.4 Å². The molecule has 1 fully saturated rings. The van der Waals surface area contributed by atoms with Crippen LogP contribution in [-0.2, 0) is 6.42 Å². The maximum absolute atomic E-state index is 4.64. The van der Waals surface area contributed by atoms with Gasteiger partial charge in [0.25, 0.3) is 0 Å². The van der Waals surface area contributed by atoms with E-state index in [0.717, 1.165) is 29.6 Å². The molecule has 0 saturated heterocycles. The first kappa shape index (κ1) is 24.0. The molecule has 1 aromatic carbocycles. The Morgan fingerprint density at radius 3 is 2.13 bits per heavy atom. The minimum Gasteiger partial charge on any atom is -0.241 e. The van der Waals surface area contributed by atoms with Gasteiger partial charge in [0.1, 0.15) is 5.82 Å². The lowest BCUT2D eigenvalue weighted by Gasteiger charge is -2.30. The highest BCUT2D eigenvalue weighted by atomic mass is 14.9. The summed E-state index contributed by atoms with van der Waals surface area (Å²) in [6.45, 7) is 6.85. The van der Waals surface area contributed by atoms with Gasteiger partial charge in [0.05, 0.1) is 0 Å². The highest BCUT2D eigenvalue weighted by molar-refractivity contribution is 5.63. The van der Waals surface area contributed by atoms with Crippen LogP contribution in [0.15, 0.2) is 30.6 Å². The van der Waals surface area contributed by atoms with Gasteiger partial charge in [0, 0.05) is 24.4 Å². The molecular weight excluding hydrogens is 376 g/mol. The molecule has 1 aliphatic rings. The number of benzene rings is 1. The molecule has 1 aromatic heterocycles. The third kappa shape index (κ3) is 7.44. The van der Waals surface area contributed by atoms with Crippen LogP contribution >= 0.6 is 0 Å². The van der Waals surface area contributed by atoms with Crippen molar-refractivity contribution in [3.05, 3.63) is 47.5 Å². The van der Waals surface area contributed by atoms with Crippen molar-refractivity contribution in [2.75, 3.05) is 0 Å². The zero-order chi connectivity index (χ0) is 21.9. The van der Waals surface area contributed by atoms with E-state index in [-0.39, 0.29) is 0 Å². The van der Waals surface area contributed by atoms with Crippen LogP contribution in [-0.4, -0.2) is 9.97 Å². The number of aryl methyl sites for hydroxylation is 2. The normalized spacial score (nSPS) is 18.9. The lowest BCUT2D eigenvalue weighted by atomic mass is 9.76. The molecule has 2 aromatic rings. The second kappa shape index (κ2) is 13.0. The minimum atomic E-state index is 0.753. The fourth-order valence-corrected chi connectivity index (χ4v) is 5.28. The van der Waals surface area contributed by atoms with Crippen molar-refractivity contribution in [2.24, 2.45) is 5.92 Å². The Bertz CT molecular complexity index is 757. The average molecular weight is 421 g/mol. The van der Waals surface area contributed by atoms with Gasteiger partial charge in [-0.3, -0.25) is 0 Å². The number of hydrogen-bond donors (Lipinski definition) is 0. The quantitative estimate of drug-likeness (QED) is 0.320. The highest BCUT2D eigenvalue weighted by Gasteiger charge is 2.23. The summed E-state index contributed by atoms with van der Waals surface area (Å²) in [7, 11) is 0. The smallest absolute Gasteiger partial charge is 0.128 e. The predicted octanol–water partition coefficient (Wildman–Crippen LogP) is 8.82. The monoisotopic (exact) mass is 420 g/mol. The van der Waals surface area contributed by atoms with E-state index in [1.165, 1.54) is 94.6 Å². The Morgan fingerprint density at radius 1 is 0.774 bits per heavy atom. The first-order chi connectivity index (χ1) is 15.2. The fraction of sp³-hybridized carbons (Fsp3) is 0.655. The Hall–Kier alpha value is -1.70. The van der Waals surface area contributed by atoms with Crippen molar-refractivity contribution in [2.45, 2.75) is 117 Å². The Labute approximate surface area is 191 Å². The molecule has 1 heterocycles. The minimum absolute atomic E-state index is 0.753. The van der Waals surface area contributed by atoms with Crippen LogP contribution in [0.2, 0.25) is 0 Å². The van der Waals surface area contributed by atoms with Crippen LogP contribution < -0.4 is 0 Å². The second-order valence-electron chi connectivity index (χ2n) is 9.84. The molecule has 2 heteroatoms. The van der Waals surface area contributed by atoms with Crippen molar-refractivity contribution in [3.8, 4) is 11.1 Å². The van der Waals surface area contributed by atoms with E-state index in [4.69, 9.17) is 0 Å². The van der Waals surface area contributed by atoms with E-state index in [2.05, 4.69) is 48.9 Å². The number of unbranched alkanes of at least 4 members (excludes halogenated alkanes) is 6. The number of aromatic nitrogens is 2. The molecule has 0 radical (unpaired) electrons. The van der Waals surface area contributed by atoms with Gasteiger partial charge in [-0.2, -0.15) is 0 Å². The molecule has 0 N–H and O–H groups in total. The second-order valence-corrected chi connectivity index (χ2v) is 9.84. The highest BCUT2D eigenvalue weighted by Crippen LogP contribution is 2.39. The van der Waals surface area contributed by atoms with E-state index < -0.39 is 0 Å². The Balaban J connectivity index is 1.52. The SMILES string of the molecule is CCCCCCCc1ncc(-c2ccc(C3CCC(CCCCC)CC3)c(C)c2)cn1. The Morgan fingerprint density at radius 2 is 1.45 bits per heavy atom. The third-order valence-corrected chi connectivity index (χ3v) is 7.31. The maximum atomic E-state index is 4.64. The fourth-order valence-electron chi connectivity index (χ4n) is 5.28. The largest absolute Gasteiger partial charge is 0.241 e. The summed E-state index contributed by atoms with van der Waals surface area (Å²) < 4.78 is 0. The van der Waals surface area contributed by atoms with Crippen molar-refractivity contribution in [1.82, 2.24) is 9.97 Å². The van der Waals surface area contributed by atoms with Crippen LogP contribution in [0.3, 0.4) is 0 Å². The average Bonchev–Trinajstić information content (AvgIpc) is 2.80. The van der Waals surface area contributed by atoms with Gasteiger partial charge in [-0.1, -0.05) is 83.4 Å². The van der Waals surface area contributed by atoms with Crippen molar-refractivity contribution in [1.29, 1.82) is 0 Å². The first-order valence-corrected chi connectivity index (χ1v) is 13.1. The summed E-state index contributed by atoms with van der Waals surface area (Å²) in [5.74, 6) is 2.72. The lowest BCUT2D eigenvalue weighted by Crippen LogP contribution is -2.14. The number of rotatable bonds is 12. The number of hydrogen-bond acceptors (Lipinski definition) is 2. The zero-order valence-electron chi connectivity index (χ0n) is 20.3. The zero-order valence-corrected chi connectivity index (χ0v) is 20.3. The van der Waals surface area contributed by atoms with Crippen molar-refractivity contribution >= 4 is 0 Å². The van der Waals surface area contributed by atoms with Gasteiger partial charge in [-0.25, -0.2) is 9.97 Å². The van der Waals surface area contributed by atoms with Crippen LogP contribution in [0.4, 0.5) is 0 Å². The number of nitrogens with zero attached hydrogens (tertiary/aromatic N) is 2. The Kier molecular flexibility index (Phi) is 10.0. The van der Waals surface area contributed by atoms with Gasteiger partial charge in [-0.05, 0) is 67.6 Å². The standard InChI is InChI=1S/C29H44N2/c1-4-6-8-9-11-13-29-30-21-27(22-31-29)26-18-19-28(23(3)20-26)25-16-14-24(15-17-25)12-10-7-5-2/h18-22,24-25H,4-17H2,1-3H3. The molecule has 2 nitrogen and oxygen atoms in total. The third-order valence-electron chi connectivity index (χ3n) is 7.31. The van der Waals surface area contributed by atoms with Gasteiger partial charge < -0.3 is 0 Å². The molecule has 1 aliphatic carbocycles. The summed E-state index contributed by atoms with van der Waals surface area (Å²) >= 11 is 0. The van der Waals surface area contributed by atoms with Crippen LogP contribution in [0.25, 0.3) is 11.1 Å². The summed E-state index contributed by atoms with van der Waals surface area (Å²) in [4.78, 5) is 9.29. The summed E-state index contributed by atoms with van der Waals surface area (Å²) in [6, 6.07) is 7.03. The van der Waals surface area contributed by atoms with Crippen LogP contribution in [0.5, 0.6) is 0 Å². The first-order valence-electron chi connectivity index (χ1n) is 13.1. The molecule has 3 rings (SSSR count). The van der Waals surface area contributed by atoms with Gasteiger partial charge in [0.15, 0.2) is 0 Å². The molecule has 0 atom stereocenters.